The Morgan fingerprint density at radius 1 is 1.19 bits per heavy atom. The molecular formula is C20H22N2O5. The van der Waals surface area contributed by atoms with Crippen LogP contribution in [-0.2, 0) is 9.53 Å². The average Bonchev–Trinajstić information content (AvgIpc) is 2.66. The van der Waals surface area contributed by atoms with Gasteiger partial charge in [-0.3, -0.25) is 14.9 Å². The van der Waals surface area contributed by atoms with Gasteiger partial charge >= 0.3 is 5.97 Å². The van der Waals surface area contributed by atoms with Crippen molar-refractivity contribution in [3.8, 4) is 0 Å². The van der Waals surface area contributed by atoms with E-state index in [9.17, 15) is 19.7 Å². The number of rotatable bonds is 8. The smallest absolute Gasteiger partial charge is 0.338 e. The molecule has 2 aromatic rings. The predicted octanol–water partition coefficient (Wildman–Crippen LogP) is 3.72. The Balaban J connectivity index is 1.95. The number of benzene rings is 2. The Bertz CT molecular complexity index is 820. The van der Waals surface area contributed by atoms with Gasteiger partial charge in [-0.1, -0.05) is 43.7 Å². The Morgan fingerprint density at radius 3 is 2.48 bits per heavy atom. The van der Waals surface area contributed by atoms with Crippen molar-refractivity contribution < 1.29 is 19.2 Å². The van der Waals surface area contributed by atoms with Crippen molar-refractivity contribution >= 4 is 17.6 Å². The normalized spacial score (nSPS) is 11.5. The fourth-order valence-electron chi connectivity index (χ4n) is 2.73. The summed E-state index contributed by atoms with van der Waals surface area (Å²) in [6.07, 6.45) is 1.66. The number of nitrogens with zero attached hydrogens (tertiary/aromatic N) is 1. The van der Waals surface area contributed by atoms with Crippen LogP contribution in [0.1, 0.15) is 47.3 Å². The molecule has 0 aliphatic carbocycles. The molecule has 0 bridgehead atoms. The summed E-state index contributed by atoms with van der Waals surface area (Å²) in [5, 5.41) is 13.7. The monoisotopic (exact) mass is 370 g/mol. The minimum absolute atomic E-state index is 0.0745. The number of ether oxygens (including phenoxy) is 1. The van der Waals surface area contributed by atoms with Gasteiger partial charge in [0.25, 0.3) is 11.6 Å². The number of carbonyl (C=O) groups is 2. The third-order valence-corrected chi connectivity index (χ3v) is 4.08. The minimum Gasteiger partial charge on any atom is -0.452 e. The average molecular weight is 370 g/mol. The van der Waals surface area contributed by atoms with Crippen molar-refractivity contribution in [3.63, 3.8) is 0 Å². The zero-order valence-electron chi connectivity index (χ0n) is 15.3. The molecule has 27 heavy (non-hydrogen) atoms. The van der Waals surface area contributed by atoms with Crippen LogP contribution in [0, 0.1) is 17.0 Å². The van der Waals surface area contributed by atoms with Crippen molar-refractivity contribution in [2.24, 2.45) is 0 Å². The first-order valence-corrected chi connectivity index (χ1v) is 8.68. The molecule has 0 heterocycles. The summed E-state index contributed by atoms with van der Waals surface area (Å²) in [7, 11) is 0. The highest BCUT2D eigenvalue weighted by atomic mass is 16.6. The lowest BCUT2D eigenvalue weighted by molar-refractivity contribution is -0.385. The van der Waals surface area contributed by atoms with E-state index in [1.165, 1.54) is 25.1 Å². The van der Waals surface area contributed by atoms with Crippen molar-refractivity contribution in [2.45, 2.75) is 32.7 Å². The van der Waals surface area contributed by atoms with Crippen LogP contribution in [0.2, 0.25) is 0 Å². The topological polar surface area (TPSA) is 98.5 Å². The maximum Gasteiger partial charge on any atom is 0.338 e. The lowest BCUT2D eigenvalue weighted by Crippen LogP contribution is -2.32. The van der Waals surface area contributed by atoms with Crippen LogP contribution in [0.3, 0.4) is 0 Å². The van der Waals surface area contributed by atoms with E-state index in [-0.39, 0.29) is 17.3 Å². The second-order valence-corrected chi connectivity index (χ2v) is 6.15. The van der Waals surface area contributed by atoms with E-state index in [0.29, 0.717) is 5.56 Å². The van der Waals surface area contributed by atoms with Crippen LogP contribution in [0.25, 0.3) is 0 Å². The molecule has 0 saturated heterocycles. The third-order valence-electron chi connectivity index (χ3n) is 4.08. The van der Waals surface area contributed by atoms with Gasteiger partial charge in [-0.25, -0.2) is 4.79 Å². The number of carbonyl (C=O) groups excluding carboxylic acids is 2. The first-order valence-electron chi connectivity index (χ1n) is 8.68. The lowest BCUT2D eigenvalue weighted by atomic mass is 10.0. The first kappa shape index (κ1) is 20.1. The number of hydrogen-bond donors (Lipinski definition) is 1. The van der Waals surface area contributed by atoms with E-state index >= 15 is 0 Å². The summed E-state index contributed by atoms with van der Waals surface area (Å²) in [5.74, 6) is -1.10. The molecule has 7 nitrogen and oxygen atoms in total. The molecule has 1 atom stereocenters. The Morgan fingerprint density at radius 2 is 1.89 bits per heavy atom. The van der Waals surface area contributed by atoms with Gasteiger partial charge in [-0.15, -0.1) is 0 Å². The molecule has 7 heteroatoms. The minimum atomic E-state index is -0.699. The highest BCUT2D eigenvalue weighted by molar-refractivity contribution is 5.91. The molecule has 1 N–H and O–H groups in total. The number of hydrogen-bond acceptors (Lipinski definition) is 5. The highest BCUT2D eigenvalue weighted by Gasteiger charge is 2.17. The second kappa shape index (κ2) is 9.47. The van der Waals surface area contributed by atoms with Crippen molar-refractivity contribution in [2.75, 3.05) is 6.61 Å². The molecule has 0 unspecified atom stereocenters. The van der Waals surface area contributed by atoms with E-state index in [1.54, 1.807) is 0 Å². The summed E-state index contributed by atoms with van der Waals surface area (Å²) in [6.45, 7) is 3.15. The quantitative estimate of drug-likeness (QED) is 0.434. The molecule has 0 aliphatic heterocycles. The summed E-state index contributed by atoms with van der Waals surface area (Å²) in [6, 6.07) is 13.4. The number of nitro groups is 1. The van der Waals surface area contributed by atoms with Gasteiger partial charge in [0.1, 0.15) is 0 Å². The predicted molar refractivity (Wildman–Crippen MR) is 100 cm³/mol. The molecular weight excluding hydrogens is 348 g/mol. The van der Waals surface area contributed by atoms with E-state index in [0.717, 1.165) is 18.4 Å². The van der Waals surface area contributed by atoms with Crippen molar-refractivity contribution in [1.29, 1.82) is 0 Å². The maximum atomic E-state index is 12.2. The molecule has 2 rings (SSSR count). The van der Waals surface area contributed by atoms with Crippen molar-refractivity contribution in [3.05, 3.63) is 75.3 Å². The van der Waals surface area contributed by atoms with Crippen LogP contribution in [0.15, 0.2) is 48.5 Å². The zero-order valence-corrected chi connectivity index (χ0v) is 15.3. The van der Waals surface area contributed by atoms with Crippen LogP contribution in [0.4, 0.5) is 5.69 Å². The molecule has 0 spiro atoms. The van der Waals surface area contributed by atoms with Gasteiger partial charge in [-0.05, 0) is 31.0 Å². The van der Waals surface area contributed by atoms with Crippen LogP contribution >= 0.6 is 0 Å². The van der Waals surface area contributed by atoms with E-state index in [1.807, 2.05) is 37.3 Å². The highest BCUT2D eigenvalue weighted by Crippen LogP contribution is 2.20. The summed E-state index contributed by atoms with van der Waals surface area (Å²) in [4.78, 5) is 34.6. The van der Waals surface area contributed by atoms with E-state index in [2.05, 4.69) is 5.32 Å². The number of esters is 1. The van der Waals surface area contributed by atoms with Gasteiger partial charge in [0.15, 0.2) is 6.61 Å². The van der Waals surface area contributed by atoms with E-state index < -0.39 is 23.4 Å². The van der Waals surface area contributed by atoms with Crippen LogP contribution in [0.5, 0.6) is 0 Å². The number of nitrogens with one attached hydrogen (secondary N) is 1. The molecule has 0 radical (unpaired) electrons. The Kier molecular flexibility index (Phi) is 7.05. The number of nitro benzene ring substituents is 1. The molecule has 0 aliphatic rings. The van der Waals surface area contributed by atoms with Gasteiger partial charge in [0.2, 0.25) is 0 Å². The Labute approximate surface area is 157 Å². The number of amides is 1. The van der Waals surface area contributed by atoms with Gasteiger partial charge in [0, 0.05) is 11.6 Å². The van der Waals surface area contributed by atoms with Gasteiger partial charge in [0.05, 0.1) is 16.5 Å². The third kappa shape index (κ3) is 5.64. The molecule has 2 aromatic carbocycles. The van der Waals surface area contributed by atoms with Gasteiger partial charge in [-0.2, -0.15) is 0 Å². The maximum absolute atomic E-state index is 12.2. The Hall–Kier alpha value is -3.22. The van der Waals surface area contributed by atoms with E-state index in [4.69, 9.17) is 4.74 Å². The standard InChI is InChI=1S/C20H22N2O5/c1-3-7-17(15-8-5-4-6-9-15)21-19(23)13-27-20(24)16-10-11-18(22(25)26)14(2)12-16/h4-6,8-12,17H,3,7,13H2,1-2H3,(H,21,23)/t17-/m0/s1. The summed E-state index contributed by atoms with van der Waals surface area (Å²) >= 11 is 0. The summed E-state index contributed by atoms with van der Waals surface area (Å²) < 4.78 is 5.04. The molecule has 0 fully saturated rings. The number of aryl methyl sites for hydroxylation is 1. The lowest BCUT2D eigenvalue weighted by Gasteiger charge is -2.18. The van der Waals surface area contributed by atoms with Crippen LogP contribution in [-0.4, -0.2) is 23.4 Å². The SMILES string of the molecule is CCC[C@H](NC(=O)COC(=O)c1ccc([N+](=O)[O-])c(C)c1)c1ccccc1. The van der Waals surface area contributed by atoms with Crippen LogP contribution < -0.4 is 5.32 Å². The second-order valence-electron chi connectivity index (χ2n) is 6.15. The van der Waals surface area contributed by atoms with Crippen molar-refractivity contribution in [1.82, 2.24) is 5.32 Å². The zero-order chi connectivity index (χ0) is 19.8. The fraction of sp³-hybridized carbons (Fsp3) is 0.300. The molecule has 0 aromatic heterocycles. The summed E-state index contributed by atoms with van der Waals surface area (Å²) in [5.41, 5.74) is 1.43. The molecule has 142 valence electrons. The largest absolute Gasteiger partial charge is 0.452 e. The molecule has 1 amide bonds. The fourth-order valence-corrected chi connectivity index (χ4v) is 2.73. The first-order chi connectivity index (χ1) is 12.9. The molecule has 0 saturated carbocycles. The van der Waals surface area contributed by atoms with Gasteiger partial charge < -0.3 is 10.1 Å².